The van der Waals surface area contributed by atoms with Crippen molar-refractivity contribution < 1.29 is 9.53 Å². The van der Waals surface area contributed by atoms with Gasteiger partial charge >= 0.3 is 5.97 Å². The lowest BCUT2D eigenvalue weighted by Gasteiger charge is -2.16. The number of H-pyrrole nitrogens is 1. The van der Waals surface area contributed by atoms with Crippen LogP contribution in [0.25, 0.3) is 10.9 Å². The molecule has 0 aliphatic rings. The number of nitrogens with two attached hydrogens (primary N) is 1. The van der Waals surface area contributed by atoms with Crippen LogP contribution in [-0.2, 0) is 22.5 Å². The van der Waals surface area contributed by atoms with Crippen LogP contribution < -0.4 is 11.1 Å². The second-order valence-electron chi connectivity index (χ2n) is 5.76. The minimum Gasteiger partial charge on any atom is -0.468 e. The second-order valence-corrected chi connectivity index (χ2v) is 5.76. The van der Waals surface area contributed by atoms with Crippen LogP contribution in [0, 0.1) is 0 Å². The summed E-state index contributed by atoms with van der Waals surface area (Å²) in [5.74, 6) is -0.268. The van der Waals surface area contributed by atoms with Crippen molar-refractivity contribution in [2.24, 2.45) is 0 Å². The lowest BCUT2D eigenvalue weighted by molar-refractivity contribution is -0.143. The highest BCUT2D eigenvalue weighted by atomic mass is 16.5. The van der Waals surface area contributed by atoms with E-state index in [0.717, 1.165) is 27.7 Å². The molecule has 24 heavy (non-hydrogen) atoms. The van der Waals surface area contributed by atoms with Gasteiger partial charge in [-0.05, 0) is 29.3 Å². The van der Waals surface area contributed by atoms with Crippen LogP contribution in [-0.4, -0.2) is 24.1 Å². The average molecular weight is 323 g/mol. The van der Waals surface area contributed by atoms with E-state index in [-0.39, 0.29) is 5.97 Å². The maximum absolute atomic E-state index is 12.1. The van der Waals surface area contributed by atoms with Gasteiger partial charge in [0.15, 0.2) is 0 Å². The van der Waals surface area contributed by atoms with Crippen LogP contribution >= 0.6 is 0 Å². The van der Waals surface area contributed by atoms with Crippen LogP contribution in [0.3, 0.4) is 0 Å². The Labute approximate surface area is 140 Å². The monoisotopic (exact) mass is 323 g/mol. The normalized spacial score (nSPS) is 12.2. The van der Waals surface area contributed by atoms with Gasteiger partial charge < -0.3 is 20.8 Å². The maximum Gasteiger partial charge on any atom is 0.323 e. The second kappa shape index (κ2) is 7.19. The third-order valence-corrected chi connectivity index (χ3v) is 4.12. The van der Waals surface area contributed by atoms with Crippen molar-refractivity contribution in [3.63, 3.8) is 0 Å². The van der Waals surface area contributed by atoms with Crippen molar-refractivity contribution in [1.29, 1.82) is 0 Å². The molecule has 0 bridgehead atoms. The molecule has 4 N–H and O–H groups in total. The fourth-order valence-corrected chi connectivity index (χ4v) is 2.78. The van der Waals surface area contributed by atoms with Gasteiger partial charge in [0.2, 0.25) is 0 Å². The molecule has 1 aromatic heterocycles. The van der Waals surface area contributed by atoms with Crippen molar-refractivity contribution in [1.82, 2.24) is 10.3 Å². The molecule has 0 fully saturated rings. The van der Waals surface area contributed by atoms with Gasteiger partial charge in [0.25, 0.3) is 0 Å². The number of anilines is 1. The smallest absolute Gasteiger partial charge is 0.323 e. The van der Waals surface area contributed by atoms with Crippen molar-refractivity contribution in [2.45, 2.75) is 19.0 Å². The molecule has 0 aliphatic heterocycles. The lowest BCUT2D eigenvalue weighted by Crippen LogP contribution is -2.39. The molecule has 0 radical (unpaired) electrons. The van der Waals surface area contributed by atoms with Crippen molar-refractivity contribution >= 4 is 22.6 Å². The van der Waals surface area contributed by atoms with Crippen LogP contribution in [0.2, 0.25) is 0 Å². The van der Waals surface area contributed by atoms with Gasteiger partial charge in [-0.15, -0.1) is 0 Å². The first kappa shape index (κ1) is 16.1. The maximum atomic E-state index is 12.1. The summed E-state index contributed by atoms with van der Waals surface area (Å²) in [5, 5.41) is 4.41. The Balaban J connectivity index is 1.74. The van der Waals surface area contributed by atoms with E-state index < -0.39 is 6.04 Å². The molecule has 3 aromatic rings. The molecule has 1 unspecified atom stereocenters. The SMILES string of the molecule is COC(=O)C(Cc1c[nH]c2ccccc12)NCc1ccc(N)cc1. The Morgan fingerprint density at radius 2 is 1.96 bits per heavy atom. The number of aromatic nitrogens is 1. The van der Waals surface area contributed by atoms with Gasteiger partial charge in [-0.25, -0.2) is 0 Å². The number of fused-ring (bicyclic) bond motifs is 1. The number of esters is 1. The molecule has 0 aliphatic carbocycles. The molecule has 5 heteroatoms. The predicted octanol–water partition coefficient (Wildman–Crippen LogP) is 2.62. The number of ether oxygens (including phenoxy) is 1. The largest absolute Gasteiger partial charge is 0.468 e. The summed E-state index contributed by atoms with van der Waals surface area (Å²) in [6.45, 7) is 0.572. The Bertz CT molecular complexity index is 824. The highest BCUT2D eigenvalue weighted by Crippen LogP contribution is 2.19. The standard InChI is InChI=1S/C19H21N3O2/c1-24-19(23)18(21-11-13-6-8-15(20)9-7-13)10-14-12-22-17-5-3-2-4-16(14)17/h2-9,12,18,21-22H,10-11,20H2,1H3. The van der Waals surface area contributed by atoms with Crippen LogP contribution in [0.4, 0.5) is 5.69 Å². The molecule has 0 spiro atoms. The number of methoxy groups -OCH3 is 1. The molecule has 0 saturated heterocycles. The summed E-state index contributed by atoms with van der Waals surface area (Å²) in [4.78, 5) is 15.4. The lowest BCUT2D eigenvalue weighted by atomic mass is 10.0. The minimum atomic E-state index is -0.410. The number of nitrogens with one attached hydrogen (secondary N) is 2. The van der Waals surface area contributed by atoms with Gasteiger partial charge in [0.1, 0.15) is 6.04 Å². The molecule has 1 heterocycles. The quantitative estimate of drug-likeness (QED) is 0.481. The van der Waals surface area contributed by atoms with E-state index in [0.29, 0.717) is 13.0 Å². The number of hydrogen-bond donors (Lipinski definition) is 3. The summed E-state index contributed by atoms with van der Waals surface area (Å²) in [6, 6.07) is 15.2. The Hall–Kier alpha value is -2.79. The highest BCUT2D eigenvalue weighted by Gasteiger charge is 2.20. The van der Waals surface area contributed by atoms with Crippen molar-refractivity contribution in [3.8, 4) is 0 Å². The number of para-hydroxylation sites is 1. The molecule has 124 valence electrons. The zero-order valence-electron chi connectivity index (χ0n) is 13.6. The third-order valence-electron chi connectivity index (χ3n) is 4.12. The summed E-state index contributed by atoms with van der Waals surface area (Å²) in [5.41, 5.74) is 9.64. The van der Waals surface area contributed by atoms with Gasteiger partial charge in [0, 0.05) is 35.8 Å². The number of aromatic amines is 1. The number of rotatable bonds is 6. The zero-order valence-corrected chi connectivity index (χ0v) is 13.6. The van der Waals surface area contributed by atoms with Crippen molar-refractivity contribution in [3.05, 3.63) is 65.9 Å². The fraction of sp³-hybridized carbons (Fsp3) is 0.211. The topological polar surface area (TPSA) is 80.1 Å². The molecule has 2 aromatic carbocycles. The predicted molar refractivity (Wildman–Crippen MR) is 95.5 cm³/mol. The van der Waals surface area contributed by atoms with Crippen LogP contribution in [0.5, 0.6) is 0 Å². The first-order valence-corrected chi connectivity index (χ1v) is 7.88. The summed E-state index contributed by atoms with van der Waals surface area (Å²) in [7, 11) is 1.41. The molecular weight excluding hydrogens is 302 g/mol. The van der Waals surface area contributed by atoms with E-state index in [2.05, 4.69) is 16.4 Å². The van der Waals surface area contributed by atoms with E-state index in [1.807, 2.05) is 48.7 Å². The molecule has 0 saturated carbocycles. The van der Waals surface area contributed by atoms with Crippen molar-refractivity contribution in [2.75, 3.05) is 12.8 Å². The van der Waals surface area contributed by atoms with Gasteiger partial charge in [0.05, 0.1) is 7.11 Å². The molecule has 1 atom stereocenters. The number of hydrogen-bond acceptors (Lipinski definition) is 4. The van der Waals surface area contributed by atoms with E-state index >= 15 is 0 Å². The molecule has 5 nitrogen and oxygen atoms in total. The van der Waals surface area contributed by atoms with Crippen LogP contribution in [0.1, 0.15) is 11.1 Å². The first-order chi connectivity index (χ1) is 11.7. The minimum absolute atomic E-state index is 0.268. The summed E-state index contributed by atoms with van der Waals surface area (Å²) >= 11 is 0. The molecule has 3 rings (SSSR count). The van der Waals surface area contributed by atoms with E-state index in [1.54, 1.807) is 0 Å². The number of nitrogen functional groups attached to an aromatic ring is 1. The number of carbonyl (C=O) groups excluding carboxylic acids is 1. The van der Waals surface area contributed by atoms with Gasteiger partial charge in [-0.3, -0.25) is 4.79 Å². The van der Waals surface area contributed by atoms with E-state index in [9.17, 15) is 4.79 Å². The fourth-order valence-electron chi connectivity index (χ4n) is 2.78. The summed E-state index contributed by atoms with van der Waals surface area (Å²) < 4.78 is 4.95. The molecule has 0 amide bonds. The Kier molecular flexibility index (Phi) is 4.82. The average Bonchev–Trinajstić information content (AvgIpc) is 3.02. The third kappa shape index (κ3) is 3.58. The van der Waals surface area contributed by atoms with Crippen LogP contribution in [0.15, 0.2) is 54.7 Å². The highest BCUT2D eigenvalue weighted by molar-refractivity contribution is 5.84. The Morgan fingerprint density at radius 1 is 1.21 bits per heavy atom. The Morgan fingerprint density at radius 3 is 2.71 bits per heavy atom. The van der Waals surface area contributed by atoms with Gasteiger partial charge in [-0.2, -0.15) is 0 Å². The number of benzene rings is 2. The van der Waals surface area contributed by atoms with Gasteiger partial charge in [-0.1, -0.05) is 30.3 Å². The zero-order chi connectivity index (χ0) is 16.9. The first-order valence-electron chi connectivity index (χ1n) is 7.88. The molecular formula is C19H21N3O2. The van der Waals surface area contributed by atoms with E-state index in [4.69, 9.17) is 10.5 Å². The summed E-state index contributed by atoms with van der Waals surface area (Å²) in [6.07, 6.45) is 2.51. The van der Waals surface area contributed by atoms with E-state index in [1.165, 1.54) is 7.11 Å². The number of carbonyl (C=O) groups is 1.